The van der Waals surface area contributed by atoms with Crippen molar-refractivity contribution in [2.75, 3.05) is 13.6 Å². The molecule has 0 radical (unpaired) electrons. The molecular weight excluding hydrogens is 148 g/mol. The van der Waals surface area contributed by atoms with Crippen molar-refractivity contribution in [3.05, 3.63) is 35.9 Å². The number of aliphatic imine (C=N–C) groups is 1. The molecule has 12 heavy (non-hydrogen) atoms. The Morgan fingerprint density at radius 3 is 2.50 bits per heavy atom. The normalized spacial score (nSPS) is 11.3. The molecule has 1 aromatic carbocycles. The average Bonchev–Trinajstić information content (AvgIpc) is 2.15. The molecule has 0 saturated heterocycles. The minimum absolute atomic E-state index is 0.811. The van der Waals surface area contributed by atoms with E-state index in [0.717, 1.165) is 17.9 Å². The second kappa shape index (κ2) is 4.54. The number of hydrogen-bond acceptors (Lipinski definition) is 1. The Morgan fingerprint density at radius 2 is 2.00 bits per heavy atom. The first-order chi connectivity index (χ1) is 5.88. The van der Waals surface area contributed by atoms with Gasteiger partial charge in [0.05, 0.1) is 0 Å². The molecule has 0 atom stereocenters. The van der Waals surface area contributed by atoms with Crippen LogP contribution in [0.1, 0.15) is 12.5 Å². The van der Waals surface area contributed by atoms with Crippen LogP contribution in [0, 0.1) is 0 Å². The Bertz CT molecular complexity index is 252. The highest BCUT2D eigenvalue weighted by Crippen LogP contribution is 1.98. The highest BCUT2D eigenvalue weighted by molar-refractivity contribution is 5.98. The van der Waals surface area contributed by atoms with E-state index < -0.39 is 0 Å². The van der Waals surface area contributed by atoms with Crippen molar-refractivity contribution in [3.63, 3.8) is 0 Å². The first-order valence-corrected chi connectivity index (χ1v) is 4.16. The van der Waals surface area contributed by atoms with E-state index in [9.17, 15) is 0 Å². The van der Waals surface area contributed by atoms with Gasteiger partial charge in [0.15, 0.2) is 0 Å². The van der Waals surface area contributed by atoms with Crippen LogP contribution in [0.2, 0.25) is 0 Å². The van der Waals surface area contributed by atoms with Gasteiger partial charge >= 0.3 is 0 Å². The van der Waals surface area contributed by atoms with Crippen LogP contribution in [-0.2, 0) is 0 Å². The molecule has 1 N–H and O–H groups in total. The number of rotatable bonds is 2. The van der Waals surface area contributed by atoms with E-state index in [2.05, 4.69) is 10.3 Å². The molecule has 0 spiro atoms. The summed E-state index contributed by atoms with van der Waals surface area (Å²) < 4.78 is 0. The number of hydrogen-bond donors (Lipinski definition) is 1. The van der Waals surface area contributed by atoms with Crippen LogP contribution in [0.5, 0.6) is 0 Å². The van der Waals surface area contributed by atoms with Crippen LogP contribution in [-0.4, -0.2) is 19.4 Å². The molecule has 1 rings (SSSR count). The van der Waals surface area contributed by atoms with Crippen molar-refractivity contribution < 1.29 is 0 Å². The maximum Gasteiger partial charge on any atom is 0.127 e. The molecule has 0 aliphatic rings. The predicted molar refractivity (Wildman–Crippen MR) is 52.6 cm³/mol. The highest BCUT2D eigenvalue weighted by Gasteiger charge is 1.96. The molecular formula is C10H14N2. The van der Waals surface area contributed by atoms with E-state index in [1.165, 1.54) is 0 Å². The quantitative estimate of drug-likeness (QED) is 0.519. The summed E-state index contributed by atoms with van der Waals surface area (Å²) in [5.41, 5.74) is 1.14. The summed E-state index contributed by atoms with van der Waals surface area (Å²) in [6, 6.07) is 10.1. The number of benzene rings is 1. The van der Waals surface area contributed by atoms with Crippen LogP contribution in [0.25, 0.3) is 0 Å². The molecule has 64 valence electrons. The van der Waals surface area contributed by atoms with E-state index >= 15 is 0 Å². The maximum atomic E-state index is 4.32. The third-order valence-electron chi connectivity index (χ3n) is 1.60. The molecule has 0 aromatic heterocycles. The fourth-order valence-corrected chi connectivity index (χ4v) is 1.07. The maximum absolute atomic E-state index is 4.32. The summed E-state index contributed by atoms with van der Waals surface area (Å²) in [6.45, 7) is 2.84. The third kappa shape index (κ3) is 2.09. The molecule has 0 bridgehead atoms. The van der Waals surface area contributed by atoms with Gasteiger partial charge < -0.3 is 5.32 Å². The lowest BCUT2D eigenvalue weighted by Crippen LogP contribution is -2.19. The van der Waals surface area contributed by atoms with Crippen LogP contribution in [0.15, 0.2) is 35.3 Å². The Hall–Kier alpha value is -1.31. The Morgan fingerprint density at radius 1 is 1.33 bits per heavy atom. The second-order valence-corrected chi connectivity index (χ2v) is 2.44. The zero-order chi connectivity index (χ0) is 8.81. The molecule has 0 saturated carbocycles. The van der Waals surface area contributed by atoms with Gasteiger partial charge in [-0.05, 0) is 6.92 Å². The number of amidine groups is 1. The molecule has 2 nitrogen and oxygen atoms in total. The van der Waals surface area contributed by atoms with Crippen molar-refractivity contribution >= 4 is 5.84 Å². The van der Waals surface area contributed by atoms with Crippen molar-refractivity contribution in [3.8, 4) is 0 Å². The van der Waals surface area contributed by atoms with Gasteiger partial charge in [0, 0.05) is 19.2 Å². The Balaban J connectivity index is 2.88. The van der Waals surface area contributed by atoms with Gasteiger partial charge in [0.2, 0.25) is 0 Å². The lowest BCUT2D eigenvalue weighted by Gasteiger charge is -2.04. The Kier molecular flexibility index (Phi) is 3.33. The van der Waals surface area contributed by atoms with Crippen LogP contribution < -0.4 is 5.32 Å². The summed E-state index contributed by atoms with van der Waals surface area (Å²) in [6.07, 6.45) is 0. The standard InChI is InChI=1S/C10H14N2/c1-3-12-10(11-2)9-7-5-4-6-8-9/h4-8H,3H2,1-2H3,(H,11,12). The average molecular weight is 162 g/mol. The van der Waals surface area contributed by atoms with Gasteiger partial charge in [-0.15, -0.1) is 0 Å². The minimum Gasteiger partial charge on any atom is -0.373 e. The van der Waals surface area contributed by atoms with Gasteiger partial charge in [-0.3, -0.25) is 4.99 Å². The largest absolute Gasteiger partial charge is 0.373 e. The van der Waals surface area contributed by atoms with E-state index in [1.807, 2.05) is 44.3 Å². The predicted octanol–water partition coefficient (Wildman–Crippen LogP) is 1.67. The number of nitrogens with zero attached hydrogens (tertiary/aromatic N) is 1. The monoisotopic (exact) mass is 162 g/mol. The van der Waals surface area contributed by atoms with E-state index in [-0.39, 0.29) is 0 Å². The molecule has 0 fully saturated rings. The van der Waals surface area contributed by atoms with Crippen molar-refractivity contribution in [2.24, 2.45) is 4.99 Å². The van der Waals surface area contributed by atoms with E-state index in [1.54, 1.807) is 0 Å². The molecule has 0 aliphatic carbocycles. The highest BCUT2D eigenvalue weighted by atomic mass is 15.0. The smallest absolute Gasteiger partial charge is 0.127 e. The topological polar surface area (TPSA) is 24.4 Å². The first-order valence-electron chi connectivity index (χ1n) is 4.16. The first kappa shape index (κ1) is 8.78. The lowest BCUT2D eigenvalue weighted by atomic mass is 10.2. The van der Waals surface area contributed by atoms with E-state index in [0.29, 0.717) is 0 Å². The summed E-state index contributed by atoms with van der Waals surface area (Å²) >= 11 is 0. The molecule has 0 heterocycles. The van der Waals surface area contributed by atoms with Gasteiger partial charge in [0.1, 0.15) is 5.84 Å². The zero-order valence-corrected chi connectivity index (χ0v) is 7.54. The molecule has 2 heteroatoms. The lowest BCUT2D eigenvalue weighted by molar-refractivity contribution is 1.07. The van der Waals surface area contributed by atoms with Crippen LogP contribution in [0.4, 0.5) is 0 Å². The molecule has 0 aliphatic heterocycles. The Labute approximate surface area is 73.3 Å². The second-order valence-electron chi connectivity index (χ2n) is 2.44. The van der Waals surface area contributed by atoms with Crippen molar-refractivity contribution in [2.45, 2.75) is 6.92 Å². The van der Waals surface area contributed by atoms with Crippen LogP contribution in [0.3, 0.4) is 0 Å². The third-order valence-corrected chi connectivity index (χ3v) is 1.60. The summed E-state index contributed by atoms with van der Waals surface area (Å²) in [7, 11) is 1.89. The minimum atomic E-state index is 0.811. The van der Waals surface area contributed by atoms with Crippen LogP contribution >= 0.6 is 0 Å². The van der Waals surface area contributed by atoms with Crippen molar-refractivity contribution in [1.29, 1.82) is 0 Å². The SMILES string of the molecule is CC/N=C(\NC)c1ccccc1. The zero-order valence-electron chi connectivity index (χ0n) is 7.54. The summed E-state index contributed by atoms with van der Waals surface area (Å²) in [4.78, 5) is 4.32. The molecule has 1 aromatic rings. The van der Waals surface area contributed by atoms with Crippen molar-refractivity contribution in [1.82, 2.24) is 5.32 Å². The van der Waals surface area contributed by atoms with Gasteiger partial charge in [-0.25, -0.2) is 0 Å². The fourth-order valence-electron chi connectivity index (χ4n) is 1.07. The fraction of sp³-hybridized carbons (Fsp3) is 0.300. The summed E-state index contributed by atoms with van der Waals surface area (Å²) in [5, 5.41) is 3.07. The molecule has 0 unspecified atom stereocenters. The van der Waals surface area contributed by atoms with E-state index in [4.69, 9.17) is 0 Å². The summed E-state index contributed by atoms with van der Waals surface area (Å²) in [5.74, 6) is 0.957. The number of nitrogens with one attached hydrogen (secondary N) is 1. The molecule has 0 amide bonds. The van der Waals surface area contributed by atoms with Gasteiger partial charge in [-0.1, -0.05) is 30.3 Å². The van der Waals surface area contributed by atoms with Gasteiger partial charge in [-0.2, -0.15) is 0 Å². The van der Waals surface area contributed by atoms with Gasteiger partial charge in [0.25, 0.3) is 0 Å².